The van der Waals surface area contributed by atoms with E-state index in [1.807, 2.05) is 24.3 Å². The second-order valence-electron chi connectivity index (χ2n) is 5.05. The zero-order chi connectivity index (χ0) is 17.8. The maximum atomic E-state index is 12.2. The molecule has 0 atom stereocenters. The molecule has 0 radical (unpaired) electrons. The number of ketones is 1. The molecule has 0 bridgehead atoms. The molecule has 3 rings (SSSR count). The molecule has 0 aliphatic heterocycles. The summed E-state index contributed by atoms with van der Waals surface area (Å²) in [5, 5.41) is 14.9. The smallest absolute Gasteiger partial charge is 0.288 e. The van der Waals surface area contributed by atoms with Crippen LogP contribution in [-0.2, 0) is 0 Å². The van der Waals surface area contributed by atoms with E-state index in [4.69, 9.17) is 11.6 Å². The first-order valence-corrected chi connectivity index (χ1v) is 7.54. The first kappa shape index (κ1) is 16.5. The lowest BCUT2D eigenvalue weighted by atomic mass is 10.1. The Balaban J connectivity index is 1.76. The number of allylic oxidation sites excluding steroid dienone is 1. The van der Waals surface area contributed by atoms with E-state index in [2.05, 4.69) is 10.1 Å². The molecule has 0 unspecified atom stereocenters. The van der Waals surface area contributed by atoms with Crippen molar-refractivity contribution in [1.29, 1.82) is 0 Å². The van der Waals surface area contributed by atoms with Crippen molar-refractivity contribution in [3.8, 4) is 5.69 Å². The standard InChI is InChI=1S/C17H11ClN4O3/c18-15-7-4-13(9-16(15)22(24)25)17(23)8-3-12-1-5-14(6-2-12)21-11-19-10-20-21/h1-11H. The molecule has 0 aliphatic rings. The summed E-state index contributed by atoms with van der Waals surface area (Å²) in [6.45, 7) is 0. The number of carbonyl (C=O) groups excluding carboxylic acids is 1. The average Bonchev–Trinajstić information content (AvgIpc) is 3.15. The van der Waals surface area contributed by atoms with Gasteiger partial charge in [0.2, 0.25) is 0 Å². The predicted octanol–water partition coefficient (Wildman–Crippen LogP) is 3.73. The van der Waals surface area contributed by atoms with Crippen molar-refractivity contribution in [1.82, 2.24) is 14.8 Å². The summed E-state index contributed by atoms with van der Waals surface area (Å²) in [6, 6.07) is 11.3. The molecular weight excluding hydrogens is 344 g/mol. The van der Waals surface area contributed by atoms with Crippen molar-refractivity contribution in [2.75, 3.05) is 0 Å². The predicted molar refractivity (Wildman–Crippen MR) is 92.8 cm³/mol. The van der Waals surface area contributed by atoms with Gasteiger partial charge in [-0.25, -0.2) is 9.67 Å². The summed E-state index contributed by atoms with van der Waals surface area (Å²) in [7, 11) is 0. The lowest BCUT2D eigenvalue weighted by molar-refractivity contribution is -0.384. The Labute approximate surface area is 147 Å². The van der Waals surface area contributed by atoms with Gasteiger partial charge in [-0.1, -0.05) is 29.8 Å². The van der Waals surface area contributed by atoms with E-state index in [0.717, 1.165) is 11.3 Å². The number of rotatable bonds is 5. The van der Waals surface area contributed by atoms with Crippen molar-refractivity contribution in [3.05, 3.63) is 87.5 Å². The average molecular weight is 355 g/mol. The van der Waals surface area contributed by atoms with Crippen molar-refractivity contribution >= 4 is 29.1 Å². The molecule has 0 amide bonds. The van der Waals surface area contributed by atoms with Gasteiger partial charge in [-0.2, -0.15) is 5.10 Å². The third kappa shape index (κ3) is 3.78. The number of nitro groups is 1. The number of halogens is 1. The quantitative estimate of drug-likeness (QED) is 0.301. The molecule has 124 valence electrons. The number of hydrogen-bond acceptors (Lipinski definition) is 5. The molecule has 0 saturated heterocycles. The van der Waals surface area contributed by atoms with Crippen molar-refractivity contribution < 1.29 is 9.72 Å². The Morgan fingerprint density at radius 2 is 1.96 bits per heavy atom. The minimum Gasteiger partial charge on any atom is -0.289 e. The maximum absolute atomic E-state index is 12.2. The van der Waals surface area contributed by atoms with Crippen molar-refractivity contribution in [3.63, 3.8) is 0 Å². The van der Waals surface area contributed by atoms with E-state index in [9.17, 15) is 14.9 Å². The zero-order valence-corrected chi connectivity index (χ0v) is 13.5. The fourth-order valence-corrected chi connectivity index (χ4v) is 2.34. The van der Waals surface area contributed by atoms with Gasteiger partial charge >= 0.3 is 0 Å². The Morgan fingerprint density at radius 3 is 2.60 bits per heavy atom. The number of benzene rings is 2. The van der Waals surface area contributed by atoms with Crippen molar-refractivity contribution in [2.24, 2.45) is 0 Å². The van der Waals surface area contributed by atoms with Crippen molar-refractivity contribution in [2.45, 2.75) is 0 Å². The van der Waals surface area contributed by atoms with Gasteiger partial charge in [0, 0.05) is 11.6 Å². The molecule has 0 N–H and O–H groups in total. The van der Waals surface area contributed by atoms with Crippen LogP contribution >= 0.6 is 11.6 Å². The molecule has 2 aromatic carbocycles. The summed E-state index contributed by atoms with van der Waals surface area (Å²) in [5.74, 6) is -0.347. The zero-order valence-electron chi connectivity index (χ0n) is 12.7. The minimum absolute atomic E-state index is 0.00534. The van der Waals surface area contributed by atoms with Crippen LogP contribution in [0.1, 0.15) is 15.9 Å². The van der Waals surface area contributed by atoms with Crippen LogP contribution in [0.4, 0.5) is 5.69 Å². The normalized spacial score (nSPS) is 10.9. The van der Waals surface area contributed by atoms with E-state index in [1.54, 1.807) is 17.1 Å². The highest BCUT2D eigenvalue weighted by atomic mass is 35.5. The fraction of sp³-hybridized carbons (Fsp3) is 0. The van der Waals surface area contributed by atoms with Gasteiger partial charge < -0.3 is 0 Å². The summed E-state index contributed by atoms with van der Waals surface area (Å²) in [5.41, 5.74) is 1.56. The van der Waals surface area contributed by atoms with Gasteiger partial charge in [0.1, 0.15) is 17.7 Å². The number of nitrogens with zero attached hydrogens (tertiary/aromatic N) is 4. The molecule has 0 saturated carbocycles. The second kappa shape index (κ2) is 7.06. The van der Waals surface area contributed by atoms with Gasteiger partial charge in [-0.05, 0) is 35.9 Å². The Hall–Kier alpha value is -3.32. The van der Waals surface area contributed by atoms with Crippen LogP contribution in [-0.4, -0.2) is 25.5 Å². The SMILES string of the molecule is O=C(C=Cc1ccc(-n2cncn2)cc1)c1ccc(Cl)c([N+](=O)[O-])c1. The van der Waals surface area contributed by atoms with Gasteiger partial charge in [0.15, 0.2) is 5.78 Å². The van der Waals surface area contributed by atoms with Crippen LogP contribution in [0.3, 0.4) is 0 Å². The van der Waals surface area contributed by atoms with Crippen LogP contribution in [0.25, 0.3) is 11.8 Å². The van der Waals surface area contributed by atoms with Gasteiger partial charge in [0.25, 0.3) is 5.69 Å². The highest BCUT2D eigenvalue weighted by Gasteiger charge is 2.14. The third-order valence-corrected chi connectivity index (χ3v) is 3.75. The molecule has 0 spiro atoms. The largest absolute Gasteiger partial charge is 0.289 e. The van der Waals surface area contributed by atoms with Crippen LogP contribution in [0.2, 0.25) is 5.02 Å². The molecule has 1 aromatic heterocycles. The molecule has 7 nitrogen and oxygen atoms in total. The highest BCUT2D eigenvalue weighted by Crippen LogP contribution is 2.25. The Morgan fingerprint density at radius 1 is 1.20 bits per heavy atom. The van der Waals surface area contributed by atoms with E-state index in [-0.39, 0.29) is 22.1 Å². The van der Waals surface area contributed by atoms with E-state index >= 15 is 0 Å². The van der Waals surface area contributed by atoms with Gasteiger partial charge in [-0.3, -0.25) is 14.9 Å². The minimum atomic E-state index is -0.619. The summed E-state index contributed by atoms with van der Waals surface area (Å²) >= 11 is 5.74. The second-order valence-corrected chi connectivity index (χ2v) is 5.46. The van der Waals surface area contributed by atoms with Crippen LogP contribution in [0.15, 0.2) is 61.2 Å². The molecule has 0 aliphatic carbocycles. The summed E-state index contributed by atoms with van der Waals surface area (Å²) < 4.78 is 1.62. The van der Waals surface area contributed by atoms with E-state index in [0.29, 0.717) is 0 Å². The van der Waals surface area contributed by atoms with Crippen LogP contribution < -0.4 is 0 Å². The number of hydrogen-bond donors (Lipinski definition) is 0. The fourth-order valence-electron chi connectivity index (χ4n) is 2.15. The lowest BCUT2D eigenvalue weighted by Gasteiger charge is -2.01. The molecule has 25 heavy (non-hydrogen) atoms. The third-order valence-electron chi connectivity index (χ3n) is 3.43. The number of aromatic nitrogens is 3. The summed E-state index contributed by atoms with van der Waals surface area (Å²) in [6.07, 6.45) is 6.02. The molecule has 8 heteroatoms. The van der Waals surface area contributed by atoms with Gasteiger partial charge in [-0.15, -0.1) is 0 Å². The summed E-state index contributed by atoms with van der Waals surface area (Å²) in [4.78, 5) is 26.3. The molecule has 1 heterocycles. The topological polar surface area (TPSA) is 90.9 Å². The Bertz CT molecular complexity index is 951. The van der Waals surface area contributed by atoms with E-state index in [1.165, 1.54) is 30.6 Å². The molecule has 0 fully saturated rings. The monoisotopic (exact) mass is 354 g/mol. The molecule has 3 aromatic rings. The lowest BCUT2D eigenvalue weighted by Crippen LogP contribution is -1.97. The first-order chi connectivity index (χ1) is 12.0. The van der Waals surface area contributed by atoms with Crippen LogP contribution in [0, 0.1) is 10.1 Å². The number of carbonyl (C=O) groups is 1. The first-order valence-electron chi connectivity index (χ1n) is 7.16. The maximum Gasteiger partial charge on any atom is 0.288 e. The molecular formula is C17H11ClN4O3. The van der Waals surface area contributed by atoms with E-state index < -0.39 is 4.92 Å². The Kier molecular flexibility index (Phi) is 4.67. The van der Waals surface area contributed by atoms with Crippen LogP contribution in [0.5, 0.6) is 0 Å². The van der Waals surface area contributed by atoms with Gasteiger partial charge in [0.05, 0.1) is 10.6 Å². The number of nitro benzene ring substituents is 1. The highest BCUT2D eigenvalue weighted by molar-refractivity contribution is 6.32.